The number of imidazole rings is 1. The summed E-state index contributed by atoms with van der Waals surface area (Å²) < 4.78 is 0. The second-order valence-electron chi connectivity index (χ2n) is 5.47. The number of para-hydroxylation sites is 2. The number of rotatable bonds is 4. The molecule has 30 heavy (non-hydrogen) atoms. The van der Waals surface area contributed by atoms with Gasteiger partial charge in [0.2, 0.25) is 0 Å². The fourth-order valence-electron chi connectivity index (χ4n) is 1.97. The summed E-state index contributed by atoms with van der Waals surface area (Å²) in [4.78, 5) is 14.1. The van der Waals surface area contributed by atoms with E-state index in [1.165, 1.54) is 18.9 Å². The van der Waals surface area contributed by atoms with Crippen LogP contribution in [0.4, 0.5) is 11.4 Å². The van der Waals surface area contributed by atoms with Gasteiger partial charge in [0.25, 0.3) is 0 Å². The number of aliphatic hydroxyl groups excluding tert-OH is 1. The Morgan fingerprint density at radius 3 is 2.13 bits per heavy atom. The predicted molar refractivity (Wildman–Crippen MR) is 119 cm³/mol. The summed E-state index contributed by atoms with van der Waals surface area (Å²) in [5, 5.41) is 27.3. The van der Waals surface area contributed by atoms with Gasteiger partial charge in [-0.1, -0.05) is 43.8 Å². The third-order valence-electron chi connectivity index (χ3n) is 3.38. The Morgan fingerprint density at radius 2 is 1.70 bits per heavy atom. The topological polar surface area (TPSA) is 129 Å². The summed E-state index contributed by atoms with van der Waals surface area (Å²) in [6.07, 6.45) is 7.63. The number of aromatic nitrogens is 2. The molecule has 0 saturated heterocycles. The average Bonchev–Trinajstić information content (AvgIpc) is 3.50. The molecule has 0 atom stereocenters. The number of anilines is 2. The Hall–Kier alpha value is -3.79. The number of benzene rings is 2. The molecule has 1 aliphatic rings. The van der Waals surface area contributed by atoms with Crippen LogP contribution in [0, 0.1) is 0 Å². The Bertz CT molecular complexity index is 883. The van der Waals surface area contributed by atoms with E-state index in [2.05, 4.69) is 20.0 Å². The molecule has 0 aliphatic carbocycles. The lowest BCUT2D eigenvalue weighted by molar-refractivity contribution is 0.277. The minimum absolute atomic E-state index is 0. The SMILES string of the molecule is C.OCc1cnc[nH]1.ON(C=C1C=NC=N1)c1ccccc1.ONc1ccccc1. The maximum atomic E-state index is 9.60. The molecule has 3 aromatic rings. The number of allylic oxidation sites excluding steroid dienone is 1. The Morgan fingerprint density at radius 1 is 1.03 bits per heavy atom. The van der Waals surface area contributed by atoms with Crippen molar-refractivity contribution >= 4 is 23.9 Å². The van der Waals surface area contributed by atoms with E-state index < -0.39 is 0 Å². The maximum Gasteiger partial charge on any atom is 0.116 e. The number of aromatic amines is 1. The number of aliphatic hydroxyl groups is 1. The molecule has 9 nitrogen and oxygen atoms in total. The molecule has 158 valence electrons. The van der Waals surface area contributed by atoms with Gasteiger partial charge in [-0.15, -0.1) is 0 Å². The fraction of sp³-hybridized carbons (Fsp3) is 0.0952. The molecule has 5 N–H and O–H groups in total. The molecule has 4 rings (SSSR count). The first-order chi connectivity index (χ1) is 14.2. The molecule has 2 heterocycles. The second kappa shape index (κ2) is 14.2. The normalized spacial score (nSPS) is 12.2. The van der Waals surface area contributed by atoms with Crippen LogP contribution in [0.25, 0.3) is 0 Å². The standard InChI is InChI=1S/C10H9N3O.C6H7NO.C4H6N2O.CH4/c14-13(7-9-6-11-8-12-9)10-4-2-1-3-5-10;8-7-6-4-2-1-3-5-6;7-2-4-1-5-3-6-4;/h1-8,14H;1-5,7-8H;1,3,7H,2H2,(H,5,6);1H4. The van der Waals surface area contributed by atoms with Gasteiger partial charge >= 0.3 is 0 Å². The predicted octanol–water partition coefficient (Wildman–Crippen LogP) is 3.86. The van der Waals surface area contributed by atoms with Crippen LogP contribution >= 0.6 is 0 Å². The van der Waals surface area contributed by atoms with Crippen molar-refractivity contribution < 1.29 is 15.5 Å². The van der Waals surface area contributed by atoms with E-state index in [0.29, 0.717) is 17.1 Å². The lowest BCUT2D eigenvalue weighted by Gasteiger charge is -2.11. The van der Waals surface area contributed by atoms with Crippen LogP contribution in [0.1, 0.15) is 13.1 Å². The molecule has 1 aromatic heterocycles. The third-order valence-corrected chi connectivity index (χ3v) is 3.38. The summed E-state index contributed by atoms with van der Waals surface area (Å²) in [6.45, 7) is 0.0417. The van der Waals surface area contributed by atoms with Gasteiger partial charge in [0.1, 0.15) is 12.0 Å². The molecule has 0 bridgehead atoms. The van der Waals surface area contributed by atoms with Gasteiger partial charge in [0.05, 0.1) is 48.6 Å². The van der Waals surface area contributed by atoms with Crippen LogP contribution in [-0.4, -0.2) is 38.0 Å². The molecule has 0 amide bonds. The summed E-state index contributed by atoms with van der Waals surface area (Å²) in [7, 11) is 0. The van der Waals surface area contributed by atoms with Crippen LogP contribution in [0.5, 0.6) is 0 Å². The maximum absolute atomic E-state index is 9.60. The molecular formula is C21H26N6O3. The molecule has 2 aromatic carbocycles. The van der Waals surface area contributed by atoms with Crippen molar-refractivity contribution in [3.8, 4) is 0 Å². The van der Waals surface area contributed by atoms with E-state index in [1.54, 1.807) is 36.7 Å². The lowest BCUT2D eigenvalue weighted by atomic mass is 10.3. The lowest BCUT2D eigenvalue weighted by Crippen LogP contribution is -2.09. The zero-order chi connectivity index (χ0) is 20.7. The van der Waals surface area contributed by atoms with Gasteiger partial charge in [-0.3, -0.25) is 15.9 Å². The van der Waals surface area contributed by atoms with Crippen molar-refractivity contribution in [1.29, 1.82) is 0 Å². The molecular weight excluding hydrogens is 384 g/mol. The van der Waals surface area contributed by atoms with Crippen molar-refractivity contribution in [3.63, 3.8) is 0 Å². The fourth-order valence-corrected chi connectivity index (χ4v) is 1.97. The van der Waals surface area contributed by atoms with Gasteiger partial charge in [0, 0.05) is 0 Å². The molecule has 0 spiro atoms. The number of aliphatic imine (C=N–C) groups is 2. The average molecular weight is 410 g/mol. The first kappa shape index (κ1) is 24.2. The summed E-state index contributed by atoms with van der Waals surface area (Å²) in [5.74, 6) is 0. The Labute approximate surface area is 175 Å². The van der Waals surface area contributed by atoms with Gasteiger partial charge in [-0.25, -0.2) is 20.0 Å². The number of hydrogen-bond donors (Lipinski definition) is 5. The molecule has 0 fully saturated rings. The van der Waals surface area contributed by atoms with Crippen LogP contribution in [0.3, 0.4) is 0 Å². The first-order valence-corrected chi connectivity index (χ1v) is 8.57. The highest BCUT2D eigenvalue weighted by Gasteiger charge is 2.01. The molecule has 0 radical (unpaired) electrons. The minimum atomic E-state index is 0. The minimum Gasteiger partial charge on any atom is -0.390 e. The van der Waals surface area contributed by atoms with Gasteiger partial charge < -0.3 is 10.1 Å². The number of nitrogens with zero attached hydrogens (tertiary/aromatic N) is 4. The van der Waals surface area contributed by atoms with Crippen molar-refractivity contribution in [2.24, 2.45) is 9.98 Å². The van der Waals surface area contributed by atoms with E-state index >= 15 is 0 Å². The first-order valence-electron chi connectivity index (χ1n) is 8.57. The van der Waals surface area contributed by atoms with Crippen molar-refractivity contribution in [2.75, 3.05) is 10.5 Å². The molecule has 9 heteroatoms. The van der Waals surface area contributed by atoms with E-state index in [1.807, 2.05) is 41.9 Å². The van der Waals surface area contributed by atoms with Gasteiger partial charge in [-0.05, 0) is 24.3 Å². The summed E-state index contributed by atoms with van der Waals surface area (Å²) in [5.41, 5.74) is 4.80. The van der Waals surface area contributed by atoms with Crippen LogP contribution < -0.4 is 10.5 Å². The molecule has 0 unspecified atom stereocenters. The smallest absolute Gasteiger partial charge is 0.116 e. The zero-order valence-corrected chi connectivity index (χ0v) is 15.5. The quantitative estimate of drug-likeness (QED) is 0.415. The van der Waals surface area contributed by atoms with E-state index in [9.17, 15) is 5.21 Å². The van der Waals surface area contributed by atoms with Crippen molar-refractivity contribution in [2.45, 2.75) is 14.0 Å². The summed E-state index contributed by atoms with van der Waals surface area (Å²) >= 11 is 0. The van der Waals surface area contributed by atoms with E-state index in [4.69, 9.17) is 10.3 Å². The Balaban J connectivity index is 0.000000241. The molecule has 0 saturated carbocycles. The monoisotopic (exact) mass is 410 g/mol. The molecule has 1 aliphatic heterocycles. The van der Waals surface area contributed by atoms with Crippen molar-refractivity contribution in [1.82, 2.24) is 9.97 Å². The third kappa shape index (κ3) is 8.93. The van der Waals surface area contributed by atoms with Gasteiger partial charge in [-0.2, -0.15) is 0 Å². The number of hydrogen-bond acceptors (Lipinski definition) is 8. The number of H-pyrrole nitrogens is 1. The second-order valence-corrected chi connectivity index (χ2v) is 5.47. The van der Waals surface area contributed by atoms with E-state index in [0.717, 1.165) is 10.8 Å². The van der Waals surface area contributed by atoms with Crippen LogP contribution in [0.15, 0.2) is 95.1 Å². The summed E-state index contributed by atoms with van der Waals surface area (Å²) in [6, 6.07) is 18.3. The van der Waals surface area contributed by atoms with Crippen LogP contribution in [0.2, 0.25) is 0 Å². The van der Waals surface area contributed by atoms with Crippen LogP contribution in [-0.2, 0) is 6.61 Å². The van der Waals surface area contributed by atoms with Gasteiger partial charge in [0.15, 0.2) is 0 Å². The number of nitrogens with one attached hydrogen (secondary N) is 2. The largest absolute Gasteiger partial charge is 0.390 e. The Kier molecular flexibility index (Phi) is 11.5. The highest BCUT2D eigenvalue weighted by atomic mass is 16.5. The van der Waals surface area contributed by atoms with Crippen molar-refractivity contribution in [3.05, 3.63) is 90.8 Å². The highest BCUT2D eigenvalue weighted by Crippen LogP contribution is 2.12. The number of hydroxylamine groups is 1. The van der Waals surface area contributed by atoms with E-state index in [-0.39, 0.29) is 14.0 Å². The zero-order valence-electron chi connectivity index (χ0n) is 15.5. The highest BCUT2D eigenvalue weighted by molar-refractivity contribution is 5.91.